The third-order valence-electron chi connectivity index (χ3n) is 11.3. The van der Waals surface area contributed by atoms with Crippen molar-refractivity contribution in [1.29, 1.82) is 0 Å². The Hall–Kier alpha value is -5.27. The maximum atomic E-state index is 14.6. The average Bonchev–Trinajstić information content (AvgIpc) is 3.90. The van der Waals surface area contributed by atoms with E-state index in [-0.39, 0.29) is 51.9 Å². The fraction of sp³-hybridized carbons (Fsp3) is 0.605. The van der Waals surface area contributed by atoms with Gasteiger partial charge in [0.05, 0.1) is 24.9 Å². The number of esters is 1. The zero-order valence-electron chi connectivity index (χ0n) is 32.4. The van der Waals surface area contributed by atoms with Crippen molar-refractivity contribution in [1.82, 2.24) is 30.1 Å². The van der Waals surface area contributed by atoms with Crippen molar-refractivity contribution in [2.45, 2.75) is 126 Å². The van der Waals surface area contributed by atoms with Crippen LogP contribution in [0, 0.1) is 11.7 Å². The van der Waals surface area contributed by atoms with Crippen LogP contribution in [0.15, 0.2) is 30.9 Å². The van der Waals surface area contributed by atoms with Crippen molar-refractivity contribution in [2.75, 3.05) is 13.1 Å². The summed E-state index contributed by atoms with van der Waals surface area (Å²) in [5.41, 5.74) is -1.76. The molecule has 2 bridgehead atoms. The Morgan fingerprint density at radius 1 is 1.09 bits per heavy atom. The molecule has 6 amide bonds. The number of nitrogens with zero attached hydrogens (tertiary/aromatic N) is 3. The van der Waals surface area contributed by atoms with Crippen molar-refractivity contribution in [3.8, 4) is 0 Å². The predicted octanol–water partition coefficient (Wildman–Crippen LogP) is 1.12. The van der Waals surface area contributed by atoms with Gasteiger partial charge in [-0.25, -0.2) is 27.2 Å². The molecule has 0 spiro atoms. The summed E-state index contributed by atoms with van der Waals surface area (Å²) in [6.45, 7) is 8.35. The van der Waals surface area contributed by atoms with Crippen LogP contribution >= 0.6 is 0 Å². The number of amides is 6. The number of morpholine rings is 1. The van der Waals surface area contributed by atoms with Crippen LogP contribution in [0.1, 0.15) is 76.8 Å². The number of alkyl carbamates (subject to hydrolysis) is 1. The van der Waals surface area contributed by atoms with Gasteiger partial charge in [-0.05, 0) is 58.1 Å². The highest BCUT2D eigenvalue weighted by Gasteiger charge is 2.62. The van der Waals surface area contributed by atoms with Gasteiger partial charge in [0.2, 0.25) is 27.7 Å². The molecular weight excluding hydrogens is 784 g/mol. The van der Waals surface area contributed by atoms with Crippen molar-refractivity contribution >= 4 is 51.8 Å². The minimum Gasteiger partial charge on any atom is -0.459 e. The van der Waals surface area contributed by atoms with E-state index in [4.69, 9.17) is 14.2 Å². The van der Waals surface area contributed by atoms with Gasteiger partial charge in [0.15, 0.2) is 0 Å². The summed E-state index contributed by atoms with van der Waals surface area (Å²) in [5.74, 6) is -4.79. The topological polar surface area (TPSA) is 227 Å². The van der Waals surface area contributed by atoms with E-state index in [2.05, 4.69) is 21.9 Å². The molecule has 3 saturated heterocycles. The van der Waals surface area contributed by atoms with Gasteiger partial charge in [-0.3, -0.25) is 28.8 Å². The molecule has 7 atom stereocenters. The molecule has 4 heterocycles. The van der Waals surface area contributed by atoms with Gasteiger partial charge in [-0.15, -0.1) is 6.58 Å². The van der Waals surface area contributed by atoms with E-state index < -0.39 is 110 Å². The Kier molecular flexibility index (Phi) is 10.7. The van der Waals surface area contributed by atoms with Gasteiger partial charge < -0.3 is 34.6 Å². The van der Waals surface area contributed by atoms with Gasteiger partial charge in [0.1, 0.15) is 47.3 Å². The number of rotatable bonds is 12. The first-order chi connectivity index (χ1) is 27.3. The van der Waals surface area contributed by atoms with E-state index in [1.807, 2.05) is 0 Å². The van der Waals surface area contributed by atoms with Crippen LogP contribution in [0.4, 0.5) is 14.0 Å². The largest absolute Gasteiger partial charge is 0.459 e. The highest BCUT2D eigenvalue weighted by molar-refractivity contribution is 7.91. The van der Waals surface area contributed by atoms with Crippen LogP contribution < -0.4 is 15.4 Å². The van der Waals surface area contributed by atoms with Crippen LogP contribution in [0.3, 0.4) is 0 Å². The molecule has 20 heteroatoms. The van der Waals surface area contributed by atoms with Crippen LogP contribution in [0.2, 0.25) is 0 Å². The second-order valence-electron chi connectivity index (χ2n) is 16.8. The molecule has 7 rings (SSSR count). The summed E-state index contributed by atoms with van der Waals surface area (Å²) in [7, 11) is -4.00. The van der Waals surface area contributed by atoms with Gasteiger partial charge in [-0.2, -0.15) is 0 Å². The maximum Gasteiger partial charge on any atom is 0.410 e. The lowest BCUT2D eigenvalue weighted by atomic mass is 10.1. The molecule has 0 unspecified atom stereocenters. The highest BCUT2D eigenvalue weighted by Crippen LogP contribution is 2.45. The summed E-state index contributed by atoms with van der Waals surface area (Å²) in [4.78, 5) is 98.1. The Balaban J connectivity index is 1.12. The van der Waals surface area contributed by atoms with Gasteiger partial charge in [0.25, 0.3) is 5.91 Å². The SMILES string of the molecule is C=C[C@@H]1C[C@]1(NC(=O)[C@@H]1C[C@@H](OC(=O)N2Cc3cccc(F)c3C2)CN1C(=O)[C@H](CCC(=O)N1C[C@H]2C[C@@H]1C(=O)O2)NC(=O)OC(C)(C)C)C(=O)NS(=O)(=O)C1CC1. The van der Waals surface area contributed by atoms with E-state index >= 15 is 0 Å². The van der Waals surface area contributed by atoms with Crippen molar-refractivity contribution < 1.29 is 60.6 Å². The first-order valence-electron chi connectivity index (χ1n) is 19.3. The summed E-state index contributed by atoms with van der Waals surface area (Å²) < 4.78 is 58.4. The number of carbonyl (C=O) groups is 7. The average molecular weight is 831 g/mol. The van der Waals surface area contributed by atoms with Gasteiger partial charge in [0, 0.05) is 37.3 Å². The summed E-state index contributed by atoms with van der Waals surface area (Å²) in [6.07, 6.45) is -1.65. The number of likely N-dealkylation sites (tertiary alicyclic amines) is 2. The molecule has 0 aromatic heterocycles. The molecule has 4 aliphatic heterocycles. The number of benzene rings is 1. The monoisotopic (exact) mass is 830 g/mol. The number of halogens is 1. The third-order valence-corrected chi connectivity index (χ3v) is 13.1. The Morgan fingerprint density at radius 3 is 2.45 bits per heavy atom. The number of sulfonamides is 1. The quantitative estimate of drug-likeness (QED) is 0.153. The van der Waals surface area contributed by atoms with E-state index in [1.165, 1.54) is 28.0 Å². The first-order valence-corrected chi connectivity index (χ1v) is 20.9. The zero-order valence-corrected chi connectivity index (χ0v) is 33.2. The molecule has 5 fully saturated rings. The molecule has 1 aromatic rings. The predicted molar refractivity (Wildman–Crippen MR) is 198 cm³/mol. The summed E-state index contributed by atoms with van der Waals surface area (Å²) in [6, 6.07) is 0.849. The lowest BCUT2D eigenvalue weighted by Gasteiger charge is -2.31. The Morgan fingerprint density at radius 2 is 1.83 bits per heavy atom. The number of ether oxygens (including phenoxy) is 3. The Labute approximate surface area is 334 Å². The summed E-state index contributed by atoms with van der Waals surface area (Å²) in [5, 5.41) is 4.44. The van der Waals surface area contributed by atoms with E-state index in [9.17, 15) is 46.4 Å². The second kappa shape index (κ2) is 15.2. The number of nitrogens with one attached hydrogen (secondary N) is 3. The molecule has 3 N–H and O–H groups in total. The standard InChI is InChI=1S/C38H47FN6O12S/c1-5-21-15-38(21,34(50)42-58(53,54)24-9-10-24)41-31(47)28-13-23(56-36(52)43-16-20-7-6-8-26(39)25(20)19-43)18-45(28)32(48)27(40-35(51)57-37(2,3)4)11-12-30(46)44-17-22-14-29(44)33(49)55-22/h5-8,21-24,27-29H,1,9-19H2,2-4H3,(H,40,51)(H,41,47)(H,42,50)/t21-,22-,23-,27+,28+,29-,38-/m1/s1. The van der Waals surface area contributed by atoms with Crippen molar-refractivity contribution in [3.63, 3.8) is 0 Å². The smallest absolute Gasteiger partial charge is 0.410 e. The molecule has 2 aliphatic carbocycles. The van der Waals surface area contributed by atoms with Crippen LogP contribution in [-0.2, 0) is 61.3 Å². The van der Waals surface area contributed by atoms with Crippen LogP contribution in [-0.4, -0.2) is 125 Å². The lowest BCUT2D eigenvalue weighted by molar-refractivity contribution is -0.157. The number of hydrogen-bond donors (Lipinski definition) is 3. The molecule has 2 saturated carbocycles. The van der Waals surface area contributed by atoms with E-state index in [1.54, 1.807) is 26.8 Å². The van der Waals surface area contributed by atoms with E-state index in [0.717, 1.165) is 4.90 Å². The number of carbonyl (C=O) groups excluding carboxylic acids is 7. The molecule has 0 radical (unpaired) electrons. The van der Waals surface area contributed by atoms with Crippen LogP contribution in [0.5, 0.6) is 0 Å². The van der Waals surface area contributed by atoms with Crippen molar-refractivity contribution in [2.24, 2.45) is 5.92 Å². The fourth-order valence-electron chi connectivity index (χ4n) is 8.06. The molecule has 314 valence electrons. The Bertz CT molecular complexity index is 2060. The summed E-state index contributed by atoms with van der Waals surface area (Å²) >= 11 is 0. The molecular formula is C38H47FN6O12S. The minimum absolute atomic E-state index is 0.0241. The third kappa shape index (κ3) is 8.33. The molecule has 18 nitrogen and oxygen atoms in total. The second-order valence-corrected chi connectivity index (χ2v) is 18.7. The van der Waals surface area contributed by atoms with Gasteiger partial charge in [-0.1, -0.05) is 18.2 Å². The minimum atomic E-state index is -4.00. The lowest BCUT2D eigenvalue weighted by Crippen LogP contribution is -2.58. The number of hydrogen-bond acceptors (Lipinski definition) is 12. The van der Waals surface area contributed by atoms with Crippen LogP contribution in [0.25, 0.3) is 0 Å². The van der Waals surface area contributed by atoms with E-state index in [0.29, 0.717) is 30.4 Å². The first kappa shape index (κ1) is 40.9. The van der Waals surface area contributed by atoms with Gasteiger partial charge >= 0.3 is 18.2 Å². The highest BCUT2D eigenvalue weighted by atomic mass is 32.2. The van der Waals surface area contributed by atoms with Crippen molar-refractivity contribution in [3.05, 3.63) is 47.8 Å². The zero-order chi connectivity index (χ0) is 41.9. The fourth-order valence-corrected chi connectivity index (χ4v) is 9.43. The molecule has 1 aromatic carbocycles. The molecule has 6 aliphatic rings. The number of fused-ring (bicyclic) bond motifs is 3. The molecule has 58 heavy (non-hydrogen) atoms. The normalized spacial score (nSPS) is 27.6. The maximum absolute atomic E-state index is 14.6.